The minimum atomic E-state index is -0.100. The van der Waals surface area contributed by atoms with E-state index in [0.717, 1.165) is 22.3 Å². The van der Waals surface area contributed by atoms with Gasteiger partial charge in [0, 0.05) is 24.2 Å². The van der Waals surface area contributed by atoms with Crippen LogP contribution in [-0.2, 0) is 11.3 Å². The molecule has 0 spiro atoms. The van der Waals surface area contributed by atoms with E-state index in [1.54, 1.807) is 0 Å². The quantitative estimate of drug-likeness (QED) is 0.802. The van der Waals surface area contributed by atoms with Crippen LogP contribution in [0, 0.1) is 0 Å². The van der Waals surface area contributed by atoms with E-state index in [4.69, 9.17) is 4.74 Å². The molecule has 0 unspecified atom stereocenters. The van der Waals surface area contributed by atoms with Crippen molar-refractivity contribution >= 4 is 21.8 Å². The summed E-state index contributed by atoms with van der Waals surface area (Å²) in [5.41, 5.74) is 1.07. The van der Waals surface area contributed by atoms with Crippen LogP contribution in [-0.4, -0.2) is 24.6 Å². The molecule has 0 heterocycles. The van der Waals surface area contributed by atoms with Gasteiger partial charge in [-0.05, 0) is 48.7 Å². The largest absolute Gasteiger partial charge is 0.482 e. The Morgan fingerprint density at radius 3 is 2.85 bits per heavy atom. The lowest BCUT2D eigenvalue weighted by Gasteiger charge is -2.14. The number of carbonyl (C=O) groups is 1. The number of nitrogens with one attached hydrogen (secondary N) is 2. The Kier molecular flexibility index (Phi) is 5.43. The van der Waals surface area contributed by atoms with Crippen molar-refractivity contribution in [2.24, 2.45) is 0 Å². The Morgan fingerprint density at radius 1 is 1.45 bits per heavy atom. The number of amides is 1. The fourth-order valence-electron chi connectivity index (χ4n) is 1.90. The van der Waals surface area contributed by atoms with E-state index in [0.29, 0.717) is 6.04 Å². The van der Waals surface area contributed by atoms with Gasteiger partial charge in [-0.25, -0.2) is 0 Å². The molecule has 1 amide bonds. The second kappa shape index (κ2) is 7.09. The average Bonchev–Trinajstić information content (AvgIpc) is 3.18. The number of hydrogen-bond donors (Lipinski definition) is 2. The third-order valence-corrected chi connectivity index (χ3v) is 3.63. The first-order valence-electron chi connectivity index (χ1n) is 6.99. The molecule has 110 valence electrons. The van der Waals surface area contributed by atoms with Crippen LogP contribution in [0.25, 0.3) is 0 Å². The summed E-state index contributed by atoms with van der Waals surface area (Å²) in [6.07, 6.45) is 2.50. The van der Waals surface area contributed by atoms with Gasteiger partial charge in [0.2, 0.25) is 0 Å². The molecule has 2 rings (SSSR count). The molecule has 0 bridgehead atoms. The average molecular weight is 341 g/mol. The van der Waals surface area contributed by atoms with Gasteiger partial charge in [-0.1, -0.05) is 12.1 Å². The van der Waals surface area contributed by atoms with Gasteiger partial charge in [0.1, 0.15) is 5.75 Å². The lowest BCUT2D eigenvalue weighted by atomic mass is 10.2. The SMILES string of the molecule is CC(C)NC(=O)COc1c(Br)cccc1CNC1CC1. The van der Waals surface area contributed by atoms with Crippen LogP contribution in [0.15, 0.2) is 22.7 Å². The van der Waals surface area contributed by atoms with E-state index < -0.39 is 0 Å². The highest BCUT2D eigenvalue weighted by Crippen LogP contribution is 2.30. The first kappa shape index (κ1) is 15.3. The van der Waals surface area contributed by atoms with Crippen molar-refractivity contribution in [3.05, 3.63) is 28.2 Å². The number of para-hydroxylation sites is 1. The predicted octanol–water partition coefficient (Wildman–Crippen LogP) is 2.60. The number of carbonyl (C=O) groups excluding carboxylic acids is 1. The van der Waals surface area contributed by atoms with Crippen LogP contribution >= 0.6 is 15.9 Å². The molecule has 0 radical (unpaired) electrons. The Balaban J connectivity index is 1.95. The van der Waals surface area contributed by atoms with Crippen molar-refractivity contribution < 1.29 is 9.53 Å². The topological polar surface area (TPSA) is 50.4 Å². The zero-order chi connectivity index (χ0) is 14.5. The van der Waals surface area contributed by atoms with Crippen LogP contribution < -0.4 is 15.4 Å². The minimum absolute atomic E-state index is 0.0389. The van der Waals surface area contributed by atoms with E-state index >= 15 is 0 Å². The molecular weight excluding hydrogens is 320 g/mol. The van der Waals surface area contributed by atoms with Crippen LogP contribution in [0.1, 0.15) is 32.3 Å². The lowest BCUT2D eigenvalue weighted by Crippen LogP contribution is -2.34. The highest BCUT2D eigenvalue weighted by atomic mass is 79.9. The molecular formula is C15H21BrN2O2. The van der Waals surface area contributed by atoms with Gasteiger partial charge in [-0.2, -0.15) is 0 Å². The molecule has 1 aliphatic rings. The van der Waals surface area contributed by atoms with Crippen molar-refractivity contribution in [3.8, 4) is 5.75 Å². The molecule has 2 N–H and O–H groups in total. The second-order valence-electron chi connectivity index (χ2n) is 5.39. The third-order valence-electron chi connectivity index (χ3n) is 3.00. The molecule has 1 saturated carbocycles. The van der Waals surface area contributed by atoms with Crippen LogP contribution in [0.4, 0.5) is 0 Å². The fourth-order valence-corrected chi connectivity index (χ4v) is 2.42. The summed E-state index contributed by atoms with van der Waals surface area (Å²) in [6, 6.07) is 6.70. The van der Waals surface area contributed by atoms with Gasteiger partial charge in [-0.3, -0.25) is 4.79 Å². The lowest BCUT2D eigenvalue weighted by molar-refractivity contribution is -0.123. The monoisotopic (exact) mass is 340 g/mol. The summed E-state index contributed by atoms with van der Waals surface area (Å²) in [7, 11) is 0. The van der Waals surface area contributed by atoms with E-state index in [2.05, 4.69) is 26.6 Å². The first-order chi connectivity index (χ1) is 9.56. The standard InChI is InChI=1S/C15H21BrN2O2/c1-10(2)18-14(19)9-20-15-11(4-3-5-13(15)16)8-17-12-6-7-12/h3-5,10,12,17H,6-9H2,1-2H3,(H,18,19). The van der Waals surface area contributed by atoms with Gasteiger partial charge in [-0.15, -0.1) is 0 Å². The molecule has 4 nitrogen and oxygen atoms in total. The van der Waals surface area contributed by atoms with Gasteiger partial charge in [0.15, 0.2) is 6.61 Å². The first-order valence-corrected chi connectivity index (χ1v) is 7.78. The molecule has 1 aromatic rings. The van der Waals surface area contributed by atoms with Crippen molar-refractivity contribution in [3.63, 3.8) is 0 Å². The third kappa shape index (κ3) is 4.80. The van der Waals surface area contributed by atoms with Crippen LogP contribution in [0.3, 0.4) is 0 Å². The van der Waals surface area contributed by atoms with E-state index in [-0.39, 0.29) is 18.6 Å². The van der Waals surface area contributed by atoms with Crippen molar-refractivity contribution in [2.75, 3.05) is 6.61 Å². The molecule has 20 heavy (non-hydrogen) atoms. The number of ether oxygens (including phenoxy) is 1. The summed E-state index contributed by atoms with van der Waals surface area (Å²) in [5.74, 6) is 0.649. The van der Waals surface area contributed by atoms with Crippen molar-refractivity contribution in [1.29, 1.82) is 0 Å². The molecule has 0 aromatic heterocycles. The van der Waals surface area contributed by atoms with E-state index in [9.17, 15) is 4.79 Å². The maximum absolute atomic E-state index is 11.7. The summed E-state index contributed by atoms with van der Waals surface area (Å²) in [5, 5.41) is 6.28. The molecule has 0 atom stereocenters. The van der Waals surface area contributed by atoms with Crippen LogP contribution in [0.5, 0.6) is 5.75 Å². The Morgan fingerprint density at radius 2 is 2.20 bits per heavy atom. The van der Waals surface area contributed by atoms with Crippen molar-refractivity contribution in [2.45, 2.75) is 45.3 Å². The summed E-state index contributed by atoms with van der Waals surface area (Å²) >= 11 is 3.49. The zero-order valence-electron chi connectivity index (χ0n) is 11.9. The molecule has 0 aliphatic heterocycles. The Labute approximate surface area is 128 Å². The van der Waals surface area contributed by atoms with E-state index in [1.807, 2.05) is 32.0 Å². The molecule has 0 saturated heterocycles. The summed E-state index contributed by atoms with van der Waals surface area (Å²) in [6.45, 7) is 4.67. The molecule has 1 aromatic carbocycles. The Bertz CT molecular complexity index is 473. The number of halogens is 1. The van der Waals surface area contributed by atoms with E-state index in [1.165, 1.54) is 12.8 Å². The maximum atomic E-state index is 11.7. The smallest absolute Gasteiger partial charge is 0.258 e. The molecule has 5 heteroatoms. The summed E-state index contributed by atoms with van der Waals surface area (Å²) in [4.78, 5) is 11.7. The Hall–Kier alpha value is -1.07. The zero-order valence-corrected chi connectivity index (χ0v) is 13.5. The van der Waals surface area contributed by atoms with Gasteiger partial charge < -0.3 is 15.4 Å². The molecule has 1 fully saturated rings. The highest BCUT2D eigenvalue weighted by molar-refractivity contribution is 9.10. The maximum Gasteiger partial charge on any atom is 0.258 e. The number of hydrogen-bond acceptors (Lipinski definition) is 3. The second-order valence-corrected chi connectivity index (χ2v) is 6.25. The normalized spacial score (nSPS) is 14.4. The van der Waals surface area contributed by atoms with Gasteiger partial charge in [0.25, 0.3) is 5.91 Å². The summed E-state index contributed by atoms with van der Waals surface area (Å²) < 4.78 is 6.56. The van der Waals surface area contributed by atoms with Gasteiger partial charge >= 0.3 is 0 Å². The fraction of sp³-hybridized carbons (Fsp3) is 0.533. The number of rotatable bonds is 7. The predicted molar refractivity (Wildman–Crippen MR) is 82.8 cm³/mol. The minimum Gasteiger partial charge on any atom is -0.482 e. The van der Waals surface area contributed by atoms with Crippen molar-refractivity contribution in [1.82, 2.24) is 10.6 Å². The molecule has 1 aliphatic carbocycles. The number of benzene rings is 1. The van der Waals surface area contributed by atoms with Crippen LogP contribution in [0.2, 0.25) is 0 Å². The van der Waals surface area contributed by atoms with Gasteiger partial charge in [0.05, 0.1) is 4.47 Å². The highest BCUT2D eigenvalue weighted by Gasteiger charge is 2.21.